The van der Waals surface area contributed by atoms with Crippen LogP contribution in [0, 0.1) is 5.82 Å². The molecule has 0 bridgehead atoms. The van der Waals surface area contributed by atoms with Crippen molar-refractivity contribution < 1.29 is 9.13 Å². The molecule has 0 saturated carbocycles. The number of benzene rings is 3. The molecular formula is C26H21Br3FN3O2. The molecule has 0 unspecified atom stereocenters. The molecule has 9 heteroatoms. The van der Waals surface area contributed by atoms with Gasteiger partial charge in [0.2, 0.25) is 0 Å². The van der Waals surface area contributed by atoms with Crippen LogP contribution in [-0.2, 0) is 13.0 Å². The first-order valence-corrected chi connectivity index (χ1v) is 13.4. The minimum absolute atomic E-state index is 0.0891. The van der Waals surface area contributed by atoms with E-state index in [1.54, 1.807) is 30.5 Å². The largest absolute Gasteiger partial charge is 0.486 e. The predicted molar refractivity (Wildman–Crippen MR) is 148 cm³/mol. The second-order valence-electron chi connectivity index (χ2n) is 7.85. The molecule has 5 nitrogen and oxygen atoms in total. The number of hydrogen-bond donors (Lipinski definition) is 0. The lowest BCUT2D eigenvalue weighted by molar-refractivity contribution is 0.296. The fraction of sp³-hybridized carbons (Fsp3) is 0.192. The highest BCUT2D eigenvalue weighted by molar-refractivity contribution is 9.11. The summed E-state index contributed by atoms with van der Waals surface area (Å²) in [6, 6.07) is 15.6. The number of fused-ring (bicyclic) bond motifs is 1. The van der Waals surface area contributed by atoms with E-state index in [4.69, 9.17) is 9.72 Å². The molecule has 35 heavy (non-hydrogen) atoms. The van der Waals surface area contributed by atoms with Crippen LogP contribution < -0.4 is 10.3 Å². The standard InChI is InChI=1S/C26H21Br3FN3O2/c1-2-3-8-24-32-23-10-9-18(27)13-19(23)26(34)33(24)31-14-16-11-20(28)25(21(29)12-16)35-15-17-6-4-5-7-22(17)30/h4-7,9-14H,2-3,8,15H2,1H3. The molecule has 1 heterocycles. The van der Waals surface area contributed by atoms with Crippen LogP contribution in [-0.4, -0.2) is 15.9 Å². The molecule has 0 amide bonds. The van der Waals surface area contributed by atoms with Gasteiger partial charge in [0, 0.05) is 16.5 Å². The van der Waals surface area contributed by atoms with Crippen molar-refractivity contribution in [3.63, 3.8) is 0 Å². The van der Waals surface area contributed by atoms with E-state index in [-0.39, 0.29) is 18.0 Å². The van der Waals surface area contributed by atoms with Crippen LogP contribution in [0.4, 0.5) is 4.39 Å². The first-order chi connectivity index (χ1) is 16.9. The molecule has 3 aromatic carbocycles. The van der Waals surface area contributed by atoms with Gasteiger partial charge in [-0.05, 0) is 80.2 Å². The molecular weight excluding hydrogens is 645 g/mol. The Balaban J connectivity index is 1.65. The molecule has 0 aliphatic rings. The Morgan fingerprint density at radius 2 is 1.83 bits per heavy atom. The minimum atomic E-state index is -0.316. The monoisotopic (exact) mass is 663 g/mol. The van der Waals surface area contributed by atoms with E-state index in [0.717, 1.165) is 22.9 Å². The highest BCUT2D eigenvalue weighted by Crippen LogP contribution is 2.35. The third-order valence-electron chi connectivity index (χ3n) is 5.30. The number of aromatic nitrogens is 2. The summed E-state index contributed by atoms with van der Waals surface area (Å²) in [7, 11) is 0. The maximum absolute atomic E-state index is 13.9. The van der Waals surface area contributed by atoms with E-state index in [9.17, 15) is 9.18 Å². The van der Waals surface area contributed by atoms with Crippen molar-refractivity contribution in [3.05, 3.63) is 101 Å². The second-order valence-corrected chi connectivity index (χ2v) is 10.5. The third-order valence-corrected chi connectivity index (χ3v) is 6.97. The molecule has 0 N–H and O–H groups in total. The molecule has 4 aromatic rings. The minimum Gasteiger partial charge on any atom is -0.486 e. The van der Waals surface area contributed by atoms with Crippen molar-refractivity contribution in [2.24, 2.45) is 5.10 Å². The Labute approximate surface area is 227 Å². The molecule has 0 spiro atoms. The fourth-order valence-electron chi connectivity index (χ4n) is 3.49. The normalized spacial score (nSPS) is 11.5. The summed E-state index contributed by atoms with van der Waals surface area (Å²) in [6.45, 7) is 2.18. The summed E-state index contributed by atoms with van der Waals surface area (Å²) in [5.74, 6) is 0.846. The van der Waals surface area contributed by atoms with Gasteiger partial charge in [-0.15, -0.1) is 0 Å². The van der Waals surface area contributed by atoms with Crippen LogP contribution >= 0.6 is 47.8 Å². The zero-order chi connectivity index (χ0) is 24.9. The van der Waals surface area contributed by atoms with E-state index in [1.165, 1.54) is 10.7 Å². The summed E-state index contributed by atoms with van der Waals surface area (Å²) >= 11 is 10.5. The number of rotatable bonds is 8. The molecule has 0 aliphatic carbocycles. The van der Waals surface area contributed by atoms with Crippen molar-refractivity contribution in [3.8, 4) is 5.75 Å². The smallest absolute Gasteiger partial charge is 0.282 e. The molecule has 0 saturated heterocycles. The number of ether oxygens (including phenoxy) is 1. The van der Waals surface area contributed by atoms with Crippen LogP contribution in [0.5, 0.6) is 5.75 Å². The van der Waals surface area contributed by atoms with Crippen LogP contribution in [0.1, 0.15) is 36.7 Å². The molecule has 1 aromatic heterocycles. The van der Waals surface area contributed by atoms with Gasteiger partial charge < -0.3 is 4.74 Å². The van der Waals surface area contributed by atoms with Gasteiger partial charge in [-0.2, -0.15) is 9.78 Å². The number of hydrogen-bond acceptors (Lipinski definition) is 4. The van der Waals surface area contributed by atoms with Crippen molar-refractivity contribution in [2.75, 3.05) is 0 Å². The van der Waals surface area contributed by atoms with Gasteiger partial charge in [-0.1, -0.05) is 47.5 Å². The number of unbranched alkanes of at least 4 members (excludes halogenated alkanes) is 1. The zero-order valence-corrected chi connectivity index (χ0v) is 23.5. The van der Waals surface area contributed by atoms with Crippen molar-refractivity contribution in [2.45, 2.75) is 32.8 Å². The number of aryl methyl sites for hydroxylation is 1. The quantitative estimate of drug-likeness (QED) is 0.182. The topological polar surface area (TPSA) is 56.5 Å². The Bertz CT molecular complexity index is 1450. The molecule has 0 radical (unpaired) electrons. The van der Waals surface area contributed by atoms with E-state index in [1.807, 2.05) is 24.3 Å². The third kappa shape index (κ3) is 6.08. The van der Waals surface area contributed by atoms with E-state index >= 15 is 0 Å². The second kappa shape index (κ2) is 11.6. The van der Waals surface area contributed by atoms with Crippen LogP contribution in [0.3, 0.4) is 0 Å². The highest BCUT2D eigenvalue weighted by atomic mass is 79.9. The summed E-state index contributed by atoms with van der Waals surface area (Å²) in [5.41, 5.74) is 1.63. The van der Waals surface area contributed by atoms with Crippen molar-refractivity contribution in [1.29, 1.82) is 0 Å². The van der Waals surface area contributed by atoms with Gasteiger partial charge in [0.15, 0.2) is 0 Å². The van der Waals surface area contributed by atoms with Crippen LogP contribution in [0.15, 0.2) is 77.9 Å². The summed E-state index contributed by atoms with van der Waals surface area (Å²) < 4.78 is 23.3. The van der Waals surface area contributed by atoms with Gasteiger partial charge in [0.1, 0.15) is 24.0 Å². The molecule has 0 aliphatic heterocycles. The SMILES string of the molecule is CCCCc1nc2ccc(Br)cc2c(=O)n1N=Cc1cc(Br)c(OCc2ccccc2F)c(Br)c1. The molecule has 4 rings (SSSR count). The van der Waals surface area contributed by atoms with E-state index < -0.39 is 0 Å². The summed E-state index contributed by atoms with van der Waals surface area (Å²) in [5, 5.41) is 4.99. The van der Waals surface area contributed by atoms with Gasteiger partial charge in [-0.3, -0.25) is 4.79 Å². The average Bonchev–Trinajstić information content (AvgIpc) is 2.83. The number of halogens is 4. The first-order valence-electron chi connectivity index (χ1n) is 11.0. The lowest BCUT2D eigenvalue weighted by atomic mass is 10.2. The Hall–Kier alpha value is -2.36. The summed E-state index contributed by atoms with van der Waals surface area (Å²) in [4.78, 5) is 17.9. The van der Waals surface area contributed by atoms with Crippen molar-refractivity contribution in [1.82, 2.24) is 9.66 Å². The Kier molecular flexibility index (Phi) is 8.51. The van der Waals surface area contributed by atoms with Gasteiger partial charge in [-0.25, -0.2) is 9.37 Å². The first kappa shape index (κ1) is 25.7. The Morgan fingerprint density at radius 3 is 2.54 bits per heavy atom. The van der Waals surface area contributed by atoms with Gasteiger partial charge in [0.25, 0.3) is 5.56 Å². The molecule has 0 fully saturated rings. The lowest BCUT2D eigenvalue weighted by Crippen LogP contribution is -2.22. The zero-order valence-electron chi connectivity index (χ0n) is 18.8. The van der Waals surface area contributed by atoms with Gasteiger partial charge >= 0.3 is 0 Å². The Morgan fingerprint density at radius 1 is 1.09 bits per heavy atom. The van der Waals surface area contributed by atoms with Crippen molar-refractivity contribution >= 4 is 64.9 Å². The van der Waals surface area contributed by atoms with E-state index in [0.29, 0.717) is 43.4 Å². The highest BCUT2D eigenvalue weighted by Gasteiger charge is 2.13. The van der Waals surface area contributed by atoms with Crippen LogP contribution in [0.2, 0.25) is 0 Å². The maximum Gasteiger partial charge on any atom is 0.282 e. The molecule has 0 atom stereocenters. The van der Waals surface area contributed by atoms with E-state index in [2.05, 4.69) is 59.8 Å². The van der Waals surface area contributed by atoms with Crippen LogP contribution in [0.25, 0.3) is 10.9 Å². The average molecular weight is 666 g/mol. The lowest BCUT2D eigenvalue weighted by Gasteiger charge is -2.12. The van der Waals surface area contributed by atoms with Gasteiger partial charge in [0.05, 0.1) is 26.1 Å². The fourth-order valence-corrected chi connectivity index (χ4v) is 5.30. The summed E-state index contributed by atoms with van der Waals surface area (Å²) in [6.07, 6.45) is 4.13. The maximum atomic E-state index is 13.9. The predicted octanol–water partition coefficient (Wildman–Crippen LogP) is 7.63. The number of nitrogens with zero attached hydrogens (tertiary/aromatic N) is 3. The molecule has 180 valence electrons.